The van der Waals surface area contributed by atoms with Crippen LogP contribution in [0.4, 0.5) is 0 Å². The predicted octanol–water partition coefficient (Wildman–Crippen LogP) is 2.45. The summed E-state index contributed by atoms with van der Waals surface area (Å²) in [5.74, 6) is 0. The van der Waals surface area contributed by atoms with E-state index in [0.29, 0.717) is 10.5 Å². The van der Waals surface area contributed by atoms with Crippen molar-refractivity contribution in [3.05, 3.63) is 52.0 Å². The van der Waals surface area contributed by atoms with E-state index >= 15 is 0 Å². The van der Waals surface area contributed by atoms with Gasteiger partial charge in [-0.1, -0.05) is 57.9 Å². The third kappa shape index (κ3) is 2.72. The quantitative estimate of drug-likeness (QED) is 0.837. The summed E-state index contributed by atoms with van der Waals surface area (Å²) in [6.45, 7) is 0. The summed E-state index contributed by atoms with van der Waals surface area (Å²) in [6.07, 6.45) is 0. The number of rotatable bonds is 2. The van der Waals surface area contributed by atoms with Gasteiger partial charge in [-0.2, -0.15) is 0 Å². The summed E-state index contributed by atoms with van der Waals surface area (Å²) in [7, 11) is -1.45. The van der Waals surface area contributed by atoms with Crippen LogP contribution in [0.5, 0.6) is 0 Å². The van der Waals surface area contributed by atoms with Crippen molar-refractivity contribution >= 4 is 40.1 Å². The van der Waals surface area contributed by atoms with Gasteiger partial charge in [0.2, 0.25) is 0 Å². The molecule has 5 heteroatoms. The van der Waals surface area contributed by atoms with Gasteiger partial charge in [-0.25, -0.2) is 0 Å². The maximum Gasteiger partial charge on any atom is 0.488 e. The lowest BCUT2D eigenvalue weighted by Crippen LogP contribution is -2.29. The minimum atomic E-state index is -1.45. The van der Waals surface area contributed by atoms with Crippen LogP contribution in [-0.2, 0) is 0 Å². The van der Waals surface area contributed by atoms with E-state index in [4.69, 9.17) is 21.6 Å². The number of benzene rings is 2. The van der Waals surface area contributed by atoms with Crippen LogP contribution < -0.4 is 5.46 Å². The first kappa shape index (κ1) is 12.6. The van der Waals surface area contributed by atoms with E-state index < -0.39 is 7.12 Å². The summed E-state index contributed by atoms with van der Waals surface area (Å²) in [5, 5.41) is 18.7. The van der Waals surface area contributed by atoms with Crippen LogP contribution in [0.1, 0.15) is 0 Å². The Morgan fingerprint density at radius 3 is 2.18 bits per heavy atom. The molecule has 86 valence electrons. The molecular formula is C12H9BBrClO2. The maximum atomic E-state index is 9.01. The minimum absolute atomic E-state index is 0.455. The topological polar surface area (TPSA) is 40.5 Å². The van der Waals surface area contributed by atoms with Gasteiger partial charge in [0.1, 0.15) is 0 Å². The normalized spacial score (nSPS) is 10.4. The molecule has 0 fully saturated rings. The molecule has 0 unspecified atom stereocenters. The highest BCUT2D eigenvalue weighted by Crippen LogP contribution is 2.34. The fraction of sp³-hybridized carbons (Fsp3) is 0. The second-order valence-electron chi connectivity index (χ2n) is 3.59. The Morgan fingerprint density at radius 2 is 1.65 bits per heavy atom. The van der Waals surface area contributed by atoms with Crippen LogP contribution >= 0.6 is 27.5 Å². The number of hydrogen-bond acceptors (Lipinski definition) is 2. The summed E-state index contributed by atoms with van der Waals surface area (Å²) >= 11 is 9.59. The van der Waals surface area contributed by atoms with Crippen molar-refractivity contribution < 1.29 is 10.0 Å². The average molecular weight is 311 g/mol. The van der Waals surface area contributed by atoms with Gasteiger partial charge in [-0.05, 0) is 23.2 Å². The molecule has 2 aromatic rings. The van der Waals surface area contributed by atoms with Crippen molar-refractivity contribution in [2.24, 2.45) is 0 Å². The van der Waals surface area contributed by atoms with Crippen molar-refractivity contribution in [3.63, 3.8) is 0 Å². The molecule has 0 aliphatic heterocycles. The van der Waals surface area contributed by atoms with Gasteiger partial charge < -0.3 is 10.0 Å². The Bertz CT molecular complexity index is 508. The molecule has 0 aromatic heterocycles. The van der Waals surface area contributed by atoms with Crippen molar-refractivity contribution in [1.29, 1.82) is 0 Å². The fourth-order valence-corrected chi connectivity index (χ4v) is 2.59. The Balaban J connectivity index is 2.47. The van der Waals surface area contributed by atoms with Crippen LogP contribution in [0.25, 0.3) is 11.1 Å². The van der Waals surface area contributed by atoms with Gasteiger partial charge in [-0.3, -0.25) is 0 Å². The molecule has 0 saturated carbocycles. The zero-order valence-electron chi connectivity index (χ0n) is 8.77. The Kier molecular flexibility index (Phi) is 3.89. The summed E-state index contributed by atoms with van der Waals surface area (Å²) in [4.78, 5) is 0. The lowest BCUT2D eigenvalue weighted by molar-refractivity contribution is 0.426. The number of halogens is 2. The molecule has 0 spiro atoms. The molecule has 0 atom stereocenters. The monoisotopic (exact) mass is 310 g/mol. The Hall–Kier alpha value is -0.805. The molecule has 2 N–H and O–H groups in total. The highest BCUT2D eigenvalue weighted by molar-refractivity contribution is 9.10. The van der Waals surface area contributed by atoms with Gasteiger partial charge in [0.05, 0.1) is 0 Å². The molecule has 0 aliphatic rings. The molecule has 0 heterocycles. The molecular weight excluding hydrogens is 302 g/mol. The first-order valence-electron chi connectivity index (χ1n) is 5.00. The van der Waals surface area contributed by atoms with Crippen molar-refractivity contribution in [1.82, 2.24) is 0 Å². The minimum Gasteiger partial charge on any atom is -0.423 e. The second kappa shape index (κ2) is 5.23. The smallest absolute Gasteiger partial charge is 0.423 e. The highest BCUT2D eigenvalue weighted by Gasteiger charge is 2.12. The molecule has 0 saturated heterocycles. The van der Waals surface area contributed by atoms with E-state index in [9.17, 15) is 0 Å². The standard InChI is InChI=1S/C12H9BBrClO2/c14-10-2-1-3-11(15)12(10)8-4-6-9(7-5-8)13(16)17/h1-7,16-17H. The molecule has 2 rings (SSSR count). The Labute approximate surface area is 113 Å². The van der Waals surface area contributed by atoms with Crippen molar-refractivity contribution in [2.75, 3.05) is 0 Å². The van der Waals surface area contributed by atoms with E-state index in [1.165, 1.54) is 0 Å². The van der Waals surface area contributed by atoms with Crippen LogP contribution in [0.3, 0.4) is 0 Å². The van der Waals surface area contributed by atoms with Gasteiger partial charge in [0.25, 0.3) is 0 Å². The molecule has 0 amide bonds. The van der Waals surface area contributed by atoms with E-state index in [1.807, 2.05) is 18.2 Å². The van der Waals surface area contributed by atoms with E-state index in [2.05, 4.69) is 15.9 Å². The van der Waals surface area contributed by atoms with Crippen LogP contribution in [0.15, 0.2) is 46.9 Å². The van der Waals surface area contributed by atoms with Gasteiger partial charge in [0.15, 0.2) is 0 Å². The number of hydrogen-bond donors (Lipinski definition) is 2. The lowest BCUT2D eigenvalue weighted by atomic mass is 9.80. The summed E-state index contributed by atoms with van der Waals surface area (Å²) in [6, 6.07) is 12.5. The Morgan fingerprint density at radius 1 is 1.00 bits per heavy atom. The second-order valence-corrected chi connectivity index (χ2v) is 4.85. The zero-order chi connectivity index (χ0) is 12.4. The average Bonchev–Trinajstić information content (AvgIpc) is 2.29. The molecule has 0 aliphatic carbocycles. The molecule has 17 heavy (non-hydrogen) atoms. The third-order valence-corrected chi connectivity index (χ3v) is 3.44. The first-order valence-corrected chi connectivity index (χ1v) is 6.17. The van der Waals surface area contributed by atoms with Gasteiger partial charge in [-0.15, -0.1) is 0 Å². The lowest BCUT2D eigenvalue weighted by Gasteiger charge is -2.08. The molecule has 2 aromatic carbocycles. The molecule has 2 nitrogen and oxygen atoms in total. The largest absolute Gasteiger partial charge is 0.488 e. The van der Waals surface area contributed by atoms with Crippen molar-refractivity contribution in [3.8, 4) is 11.1 Å². The fourth-order valence-electron chi connectivity index (χ4n) is 1.60. The highest BCUT2D eigenvalue weighted by atomic mass is 79.9. The summed E-state index contributed by atoms with van der Waals surface area (Å²) < 4.78 is 0.905. The van der Waals surface area contributed by atoms with Gasteiger partial charge in [0, 0.05) is 15.1 Å². The predicted molar refractivity (Wildman–Crippen MR) is 74.4 cm³/mol. The maximum absolute atomic E-state index is 9.01. The van der Waals surface area contributed by atoms with Crippen molar-refractivity contribution in [2.45, 2.75) is 0 Å². The summed E-state index contributed by atoms with van der Waals surface area (Å²) in [5.41, 5.74) is 2.27. The van der Waals surface area contributed by atoms with Crippen LogP contribution in [-0.4, -0.2) is 17.2 Å². The molecule has 0 radical (unpaired) electrons. The third-order valence-electron chi connectivity index (χ3n) is 2.46. The van der Waals surface area contributed by atoms with E-state index in [1.54, 1.807) is 24.3 Å². The van der Waals surface area contributed by atoms with E-state index in [0.717, 1.165) is 15.6 Å². The van der Waals surface area contributed by atoms with E-state index in [-0.39, 0.29) is 0 Å². The van der Waals surface area contributed by atoms with Gasteiger partial charge >= 0.3 is 7.12 Å². The zero-order valence-corrected chi connectivity index (χ0v) is 11.1. The molecule has 0 bridgehead atoms. The van der Waals surface area contributed by atoms with Crippen LogP contribution in [0.2, 0.25) is 5.02 Å². The van der Waals surface area contributed by atoms with Crippen LogP contribution in [0, 0.1) is 0 Å². The SMILES string of the molecule is OB(O)c1ccc(-c2c(Cl)cccc2Br)cc1. The first-order chi connectivity index (χ1) is 8.09.